The molecule has 1 aromatic heterocycles. The molecular formula is C28H37N3O3. The fourth-order valence-electron chi connectivity index (χ4n) is 4.25. The van der Waals surface area contributed by atoms with Gasteiger partial charge in [0.05, 0.1) is 29.2 Å². The van der Waals surface area contributed by atoms with Gasteiger partial charge in [0.15, 0.2) is 0 Å². The van der Waals surface area contributed by atoms with Gasteiger partial charge in [-0.2, -0.15) is 0 Å². The molecule has 2 aromatic carbocycles. The third kappa shape index (κ3) is 5.66. The molecule has 3 rings (SSSR count). The lowest BCUT2D eigenvalue weighted by Crippen LogP contribution is -2.38. The first-order valence-corrected chi connectivity index (χ1v) is 12.4. The van der Waals surface area contributed by atoms with E-state index in [1.165, 1.54) is 0 Å². The lowest BCUT2D eigenvalue weighted by atomic mass is 10.1. The largest absolute Gasteiger partial charge is 0.492 e. The Morgan fingerprint density at radius 3 is 2.44 bits per heavy atom. The Balaban J connectivity index is 2.22. The number of carbonyl (C=O) groups is 1. The van der Waals surface area contributed by atoms with Crippen LogP contribution >= 0.6 is 0 Å². The number of fused-ring (bicyclic) bond motifs is 1. The highest BCUT2D eigenvalue weighted by molar-refractivity contribution is 5.79. The van der Waals surface area contributed by atoms with Crippen molar-refractivity contribution >= 4 is 16.8 Å². The second kappa shape index (κ2) is 11.8. The first-order chi connectivity index (χ1) is 16.4. The van der Waals surface area contributed by atoms with Crippen molar-refractivity contribution in [3.05, 3.63) is 64.7 Å². The molecule has 0 bridgehead atoms. The molecule has 6 heteroatoms. The fraction of sp³-hybridized carbons (Fsp3) is 0.464. The highest BCUT2D eigenvalue weighted by Crippen LogP contribution is 2.28. The summed E-state index contributed by atoms with van der Waals surface area (Å²) in [5, 5.41) is 0.538. The lowest BCUT2D eigenvalue weighted by molar-refractivity contribution is -0.134. The quantitative estimate of drug-likeness (QED) is 0.332. The maximum absolute atomic E-state index is 13.8. The van der Waals surface area contributed by atoms with Gasteiger partial charge in [-0.1, -0.05) is 57.9 Å². The number of nitrogens with zero attached hydrogens (tertiary/aromatic N) is 3. The van der Waals surface area contributed by atoms with Crippen molar-refractivity contribution in [3.63, 3.8) is 0 Å². The number of rotatable bonds is 11. The second-order valence-corrected chi connectivity index (χ2v) is 9.10. The summed E-state index contributed by atoms with van der Waals surface area (Å²) in [5.41, 5.74) is 1.10. The van der Waals surface area contributed by atoms with Crippen LogP contribution in [-0.2, 0) is 4.79 Å². The van der Waals surface area contributed by atoms with Gasteiger partial charge >= 0.3 is 0 Å². The van der Waals surface area contributed by atoms with Gasteiger partial charge in [-0.05, 0) is 50.5 Å². The van der Waals surface area contributed by atoms with E-state index < -0.39 is 0 Å². The Hall–Kier alpha value is -3.15. The minimum Gasteiger partial charge on any atom is -0.492 e. The van der Waals surface area contributed by atoms with E-state index in [9.17, 15) is 9.59 Å². The van der Waals surface area contributed by atoms with E-state index in [0.717, 1.165) is 19.3 Å². The van der Waals surface area contributed by atoms with Crippen molar-refractivity contribution in [3.8, 4) is 11.4 Å². The molecule has 0 aliphatic carbocycles. The minimum atomic E-state index is -0.380. The average molecular weight is 464 g/mol. The molecule has 3 aromatic rings. The van der Waals surface area contributed by atoms with Gasteiger partial charge in [0.1, 0.15) is 11.6 Å². The number of amides is 1. The van der Waals surface area contributed by atoms with E-state index >= 15 is 0 Å². The molecule has 34 heavy (non-hydrogen) atoms. The van der Waals surface area contributed by atoms with Crippen LogP contribution in [0.3, 0.4) is 0 Å². The first kappa shape index (κ1) is 25.5. The fourth-order valence-corrected chi connectivity index (χ4v) is 4.25. The predicted octanol–water partition coefficient (Wildman–Crippen LogP) is 5.91. The van der Waals surface area contributed by atoms with Gasteiger partial charge in [-0.3, -0.25) is 14.2 Å². The van der Waals surface area contributed by atoms with Crippen molar-refractivity contribution in [2.24, 2.45) is 5.92 Å². The van der Waals surface area contributed by atoms with Crippen molar-refractivity contribution < 1.29 is 9.53 Å². The van der Waals surface area contributed by atoms with E-state index in [4.69, 9.17) is 9.72 Å². The van der Waals surface area contributed by atoms with Gasteiger partial charge in [0.2, 0.25) is 5.91 Å². The predicted molar refractivity (Wildman–Crippen MR) is 138 cm³/mol. The number of ether oxygens (including phenoxy) is 1. The molecule has 0 saturated heterocycles. The average Bonchev–Trinajstić information content (AvgIpc) is 2.82. The molecule has 0 saturated carbocycles. The first-order valence-electron chi connectivity index (χ1n) is 12.4. The van der Waals surface area contributed by atoms with Crippen LogP contribution in [0.15, 0.2) is 53.3 Å². The summed E-state index contributed by atoms with van der Waals surface area (Å²) in [5.74, 6) is 1.50. The summed E-state index contributed by atoms with van der Waals surface area (Å²) < 4.78 is 7.50. The van der Waals surface area contributed by atoms with Crippen molar-refractivity contribution in [1.82, 2.24) is 14.5 Å². The summed E-state index contributed by atoms with van der Waals surface area (Å²) in [6.07, 6.45) is 3.49. The van der Waals surface area contributed by atoms with Crippen LogP contribution in [0.2, 0.25) is 0 Å². The Labute approximate surface area is 202 Å². The molecule has 1 amide bonds. The molecule has 0 radical (unpaired) electrons. The SMILES string of the molecule is CCCCCN(C(=O)CC(C)C)C(C)c1nc2ccccc2c(=O)n1-c1ccccc1OCC. The molecular weight excluding hydrogens is 426 g/mol. The smallest absolute Gasteiger partial charge is 0.266 e. The van der Waals surface area contributed by atoms with E-state index in [2.05, 4.69) is 20.8 Å². The van der Waals surface area contributed by atoms with Crippen LogP contribution in [0.4, 0.5) is 0 Å². The topological polar surface area (TPSA) is 64.4 Å². The molecule has 0 aliphatic rings. The highest BCUT2D eigenvalue weighted by Gasteiger charge is 2.27. The molecule has 1 atom stereocenters. The van der Waals surface area contributed by atoms with E-state index in [1.807, 2.05) is 61.2 Å². The van der Waals surface area contributed by atoms with Crippen LogP contribution in [0.25, 0.3) is 16.6 Å². The maximum Gasteiger partial charge on any atom is 0.266 e. The Bertz CT molecular complexity index is 1170. The van der Waals surface area contributed by atoms with E-state index in [-0.39, 0.29) is 23.4 Å². The maximum atomic E-state index is 13.8. The number of hydrogen-bond acceptors (Lipinski definition) is 4. The normalized spacial score (nSPS) is 12.2. The summed E-state index contributed by atoms with van der Waals surface area (Å²) >= 11 is 0. The number of carbonyl (C=O) groups excluding carboxylic acids is 1. The zero-order valence-corrected chi connectivity index (χ0v) is 21.1. The van der Waals surface area contributed by atoms with Crippen LogP contribution in [0.5, 0.6) is 5.75 Å². The Morgan fingerprint density at radius 2 is 1.74 bits per heavy atom. The van der Waals surface area contributed by atoms with Gasteiger partial charge in [-0.15, -0.1) is 0 Å². The molecule has 1 unspecified atom stereocenters. The molecule has 0 N–H and O–H groups in total. The van der Waals surface area contributed by atoms with Gasteiger partial charge in [-0.25, -0.2) is 4.98 Å². The number of benzene rings is 2. The van der Waals surface area contributed by atoms with Crippen molar-refractivity contribution in [1.29, 1.82) is 0 Å². The van der Waals surface area contributed by atoms with Gasteiger partial charge in [0.25, 0.3) is 5.56 Å². The summed E-state index contributed by atoms with van der Waals surface area (Å²) in [7, 11) is 0. The molecule has 182 valence electrons. The third-order valence-electron chi connectivity index (χ3n) is 5.95. The standard InChI is InChI=1S/C28H37N3O3/c1-6-8-13-18-30(26(32)19-20(3)4)21(5)27-29-23-15-10-9-14-22(23)28(33)31(27)24-16-11-12-17-25(24)34-7-2/h9-12,14-17,20-21H,6-8,13,18-19H2,1-5H3. The lowest BCUT2D eigenvalue weighted by Gasteiger charge is -2.31. The molecule has 0 spiro atoms. The Kier molecular flexibility index (Phi) is 8.85. The zero-order valence-electron chi connectivity index (χ0n) is 21.1. The van der Waals surface area contributed by atoms with Gasteiger partial charge < -0.3 is 9.64 Å². The molecule has 0 aliphatic heterocycles. The molecule has 6 nitrogen and oxygen atoms in total. The van der Waals surface area contributed by atoms with Crippen LogP contribution < -0.4 is 10.3 Å². The number of unbranched alkanes of at least 4 members (excludes halogenated alkanes) is 2. The number of hydrogen-bond donors (Lipinski definition) is 0. The van der Waals surface area contributed by atoms with Crippen LogP contribution in [-0.4, -0.2) is 33.5 Å². The van der Waals surface area contributed by atoms with E-state index in [0.29, 0.717) is 47.7 Å². The monoisotopic (exact) mass is 463 g/mol. The van der Waals surface area contributed by atoms with Crippen molar-refractivity contribution in [2.75, 3.05) is 13.2 Å². The second-order valence-electron chi connectivity index (χ2n) is 9.10. The molecule has 0 fully saturated rings. The van der Waals surface area contributed by atoms with Crippen LogP contribution in [0.1, 0.15) is 72.2 Å². The van der Waals surface area contributed by atoms with E-state index in [1.54, 1.807) is 10.6 Å². The highest BCUT2D eigenvalue weighted by atomic mass is 16.5. The molecule has 1 heterocycles. The van der Waals surface area contributed by atoms with Gasteiger partial charge in [0, 0.05) is 13.0 Å². The van der Waals surface area contributed by atoms with Crippen molar-refractivity contribution in [2.45, 2.75) is 66.3 Å². The number of aromatic nitrogens is 2. The third-order valence-corrected chi connectivity index (χ3v) is 5.95. The summed E-state index contributed by atoms with van der Waals surface area (Å²) in [4.78, 5) is 34.0. The summed E-state index contributed by atoms with van der Waals surface area (Å²) in [6, 6.07) is 14.5. The number of para-hydroxylation sites is 3. The van der Waals surface area contributed by atoms with Crippen LogP contribution in [0, 0.1) is 5.92 Å². The minimum absolute atomic E-state index is 0.0886. The zero-order chi connectivity index (χ0) is 24.7. The Morgan fingerprint density at radius 1 is 1.03 bits per heavy atom. The summed E-state index contributed by atoms with van der Waals surface area (Å²) in [6.45, 7) is 11.3.